The molecule has 0 heterocycles. The number of aliphatic hydroxyl groups is 1. The SMILES string of the molecule is CCCCCC(O)c1ccc(C2=C(C#CCOSI)CCC2)cc1. The Hall–Kier alpha value is -0.480. The van der Waals surface area contributed by atoms with Gasteiger partial charge in [0.05, 0.1) is 15.3 Å². The number of rotatable bonds is 8. The lowest BCUT2D eigenvalue weighted by atomic mass is 9.97. The summed E-state index contributed by atoms with van der Waals surface area (Å²) in [6.07, 6.45) is 7.28. The molecule has 2 rings (SSSR count). The van der Waals surface area contributed by atoms with Crippen LogP contribution in [0, 0.1) is 11.8 Å². The van der Waals surface area contributed by atoms with Crippen molar-refractivity contribution in [3.63, 3.8) is 0 Å². The van der Waals surface area contributed by atoms with Gasteiger partial charge in [-0.2, -0.15) is 0 Å². The summed E-state index contributed by atoms with van der Waals surface area (Å²) < 4.78 is 5.20. The van der Waals surface area contributed by atoms with Crippen molar-refractivity contribution >= 4 is 36.0 Å². The molecule has 0 aliphatic heterocycles. The van der Waals surface area contributed by atoms with Crippen LogP contribution in [0.25, 0.3) is 5.57 Å². The molecule has 1 aromatic carbocycles. The quantitative estimate of drug-likeness (QED) is 0.217. The van der Waals surface area contributed by atoms with E-state index in [0.29, 0.717) is 6.61 Å². The summed E-state index contributed by atoms with van der Waals surface area (Å²) in [6, 6.07) is 8.41. The average molecular weight is 456 g/mol. The first kappa shape index (κ1) is 19.8. The summed E-state index contributed by atoms with van der Waals surface area (Å²) in [4.78, 5) is 0. The van der Waals surface area contributed by atoms with Gasteiger partial charge >= 0.3 is 0 Å². The second-order valence-electron chi connectivity index (χ2n) is 6.07. The molecule has 1 unspecified atom stereocenters. The Morgan fingerprint density at radius 2 is 2.04 bits per heavy atom. The van der Waals surface area contributed by atoms with Crippen molar-refractivity contribution in [3.05, 3.63) is 41.0 Å². The standard InChI is InChI=1S/C20H25IO2S/c1-2-3-4-10-20(22)18-13-11-17(12-14-18)19-9-5-7-16(19)8-6-15-23-24-21/h11-14,20,22H,2-5,7,9-10,15H2,1H3. The number of hydrogen-bond acceptors (Lipinski definition) is 3. The zero-order valence-electron chi connectivity index (χ0n) is 14.2. The van der Waals surface area contributed by atoms with E-state index in [4.69, 9.17) is 4.18 Å². The molecule has 2 nitrogen and oxygen atoms in total. The minimum atomic E-state index is -0.342. The minimum Gasteiger partial charge on any atom is -0.388 e. The van der Waals surface area contributed by atoms with E-state index in [9.17, 15) is 5.11 Å². The van der Waals surface area contributed by atoms with Crippen molar-refractivity contribution in [2.75, 3.05) is 6.61 Å². The number of benzene rings is 1. The van der Waals surface area contributed by atoms with Gasteiger partial charge < -0.3 is 5.11 Å². The molecule has 0 spiro atoms. The van der Waals surface area contributed by atoms with Crippen molar-refractivity contribution in [1.29, 1.82) is 0 Å². The highest BCUT2D eigenvalue weighted by atomic mass is 127. The molecule has 4 heteroatoms. The summed E-state index contributed by atoms with van der Waals surface area (Å²) in [6.45, 7) is 2.65. The number of unbranched alkanes of at least 4 members (excludes halogenated alkanes) is 2. The predicted molar refractivity (Wildman–Crippen MR) is 112 cm³/mol. The molecule has 0 saturated carbocycles. The maximum absolute atomic E-state index is 10.3. The lowest BCUT2D eigenvalue weighted by molar-refractivity contribution is 0.163. The third-order valence-electron chi connectivity index (χ3n) is 4.36. The molecule has 24 heavy (non-hydrogen) atoms. The van der Waals surface area contributed by atoms with E-state index in [-0.39, 0.29) is 6.10 Å². The molecular formula is C20H25IO2S. The van der Waals surface area contributed by atoms with Gasteiger partial charge in [-0.15, -0.1) is 0 Å². The smallest absolute Gasteiger partial charge is 0.123 e. The third-order valence-corrected chi connectivity index (χ3v) is 5.33. The van der Waals surface area contributed by atoms with Gasteiger partial charge in [-0.1, -0.05) is 62.3 Å². The molecular weight excluding hydrogens is 431 g/mol. The zero-order chi connectivity index (χ0) is 17.2. The molecule has 1 aliphatic rings. The fourth-order valence-corrected chi connectivity index (χ4v) is 3.54. The molecule has 1 aliphatic carbocycles. The first-order valence-corrected chi connectivity index (χ1v) is 11.9. The molecule has 0 bridgehead atoms. The summed E-state index contributed by atoms with van der Waals surface area (Å²) in [7, 11) is 1.32. The van der Waals surface area contributed by atoms with E-state index in [1.54, 1.807) is 0 Å². The molecule has 0 saturated heterocycles. The zero-order valence-corrected chi connectivity index (χ0v) is 17.2. The monoisotopic (exact) mass is 456 g/mol. The lowest BCUT2D eigenvalue weighted by Gasteiger charge is -2.12. The van der Waals surface area contributed by atoms with E-state index in [0.717, 1.165) is 31.2 Å². The van der Waals surface area contributed by atoms with Gasteiger partial charge in [-0.25, -0.2) is 0 Å². The Bertz CT molecular complexity index is 598. The van der Waals surface area contributed by atoms with Crippen LogP contribution in [0.1, 0.15) is 69.1 Å². The molecule has 0 fully saturated rings. The Balaban J connectivity index is 2.04. The third kappa shape index (κ3) is 6.11. The van der Waals surface area contributed by atoms with Crippen LogP contribution in [0.5, 0.6) is 0 Å². The van der Waals surface area contributed by atoms with Crippen LogP contribution in [0.3, 0.4) is 0 Å². The van der Waals surface area contributed by atoms with Gasteiger partial charge in [0.15, 0.2) is 0 Å². The molecule has 1 atom stereocenters. The van der Waals surface area contributed by atoms with Gasteiger partial charge in [-0.05, 0) is 42.4 Å². The molecule has 0 amide bonds. The van der Waals surface area contributed by atoms with E-state index in [1.165, 1.54) is 45.2 Å². The van der Waals surface area contributed by atoms with Gasteiger partial charge in [0, 0.05) is 26.8 Å². The Morgan fingerprint density at radius 3 is 2.75 bits per heavy atom. The molecule has 1 N–H and O–H groups in total. The highest BCUT2D eigenvalue weighted by molar-refractivity contribution is 14.2. The van der Waals surface area contributed by atoms with E-state index >= 15 is 0 Å². The largest absolute Gasteiger partial charge is 0.388 e. The number of halogens is 1. The summed E-state index contributed by atoms with van der Waals surface area (Å²) >= 11 is 2.10. The van der Waals surface area contributed by atoms with Crippen molar-refractivity contribution in [2.24, 2.45) is 0 Å². The molecule has 1 aromatic rings. The maximum Gasteiger partial charge on any atom is 0.123 e. The van der Waals surface area contributed by atoms with E-state index in [1.807, 2.05) is 0 Å². The second-order valence-corrected chi connectivity index (χ2v) is 7.51. The molecule has 130 valence electrons. The lowest BCUT2D eigenvalue weighted by Crippen LogP contribution is -1.97. The second kappa shape index (κ2) is 11.2. The molecule has 0 radical (unpaired) electrons. The fraction of sp³-hybridized carbons (Fsp3) is 0.500. The number of allylic oxidation sites excluding steroid dienone is 2. The van der Waals surface area contributed by atoms with Crippen LogP contribution in [0.2, 0.25) is 0 Å². The summed E-state index contributed by atoms with van der Waals surface area (Å²) in [5, 5.41) is 10.3. The van der Waals surface area contributed by atoms with Crippen LogP contribution >= 0.6 is 30.4 Å². The maximum atomic E-state index is 10.3. The normalized spacial score (nSPS) is 15.3. The van der Waals surface area contributed by atoms with Crippen LogP contribution < -0.4 is 0 Å². The first-order chi connectivity index (χ1) is 11.8. The highest BCUT2D eigenvalue weighted by Crippen LogP contribution is 2.34. The van der Waals surface area contributed by atoms with Gasteiger partial charge in [0.2, 0.25) is 0 Å². The van der Waals surface area contributed by atoms with Gasteiger partial charge in [0.25, 0.3) is 0 Å². The summed E-state index contributed by atoms with van der Waals surface area (Å²) in [5.74, 6) is 6.37. The Morgan fingerprint density at radius 1 is 1.25 bits per heavy atom. The first-order valence-electron chi connectivity index (χ1n) is 8.65. The Labute approximate surface area is 162 Å². The predicted octanol–water partition coefficient (Wildman–Crippen LogP) is 6.26. The highest BCUT2D eigenvalue weighted by Gasteiger charge is 2.15. The van der Waals surface area contributed by atoms with Crippen LogP contribution in [-0.4, -0.2) is 11.7 Å². The Kier molecular flexibility index (Phi) is 9.26. The fourth-order valence-electron chi connectivity index (χ4n) is 3.06. The van der Waals surface area contributed by atoms with Crippen molar-refractivity contribution in [3.8, 4) is 11.8 Å². The summed E-state index contributed by atoms with van der Waals surface area (Å²) in [5.41, 5.74) is 4.86. The van der Waals surface area contributed by atoms with Crippen molar-refractivity contribution in [2.45, 2.75) is 58.0 Å². The van der Waals surface area contributed by atoms with Crippen LogP contribution in [0.4, 0.5) is 0 Å². The van der Waals surface area contributed by atoms with Gasteiger partial charge in [-0.3, -0.25) is 4.18 Å². The van der Waals surface area contributed by atoms with Gasteiger partial charge in [0.1, 0.15) is 6.61 Å². The van der Waals surface area contributed by atoms with E-state index < -0.39 is 0 Å². The topological polar surface area (TPSA) is 29.5 Å². The number of aliphatic hydroxyl groups excluding tert-OH is 1. The van der Waals surface area contributed by atoms with Crippen LogP contribution in [0.15, 0.2) is 29.8 Å². The molecule has 0 aromatic heterocycles. The average Bonchev–Trinajstić information content (AvgIpc) is 3.07. The van der Waals surface area contributed by atoms with E-state index in [2.05, 4.69) is 64.2 Å². The van der Waals surface area contributed by atoms with Crippen molar-refractivity contribution in [1.82, 2.24) is 0 Å². The van der Waals surface area contributed by atoms with Crippen molar-refractivity contribution < 1.29 is 9.29 Å². The number of hydrogen-bond donors (Lipinski definition) is 1. The van der Waals surface area contributed by atoms with Crippen LogP contribution in [-0.2, 0) is 4.18 Å². The minimum absolute atomic E-state index is 0.342.